The molecule has 1 aromatic rings. The minimum atomic E-state index is -1.06. The largest absolute Gasteiger partial charge is 0.398 e. The number of nitrogen functional groups attached to an aromatic ring is 1. The first kappa shape index (κ1) is 13.8. The van der Waals surface area contributed by atoms with Crippen LogP contribution in [0.15, 0.2) is 18.2 Å². The number of hydrogen-bond donors (Lipinski definition) is 4. The zero-order chi connectivity index (χ0) is 13.1. The van der Waals surface area contributed by atoms with E-state index in [0.717, 1.165) is 0 Å². The fraction of sp³-hybridized carbons (Fsp3) is 0.364. The van der Waals surface area contributed by atoms with Gasteiger partial charge in [-0.25, -0.2) is 0 Å². The summed E-state index contributed by atoms with van der Waals surface area (Å²) in [6.45, 7) is 0.805. The highest BCUT2D eigenvalue weighted by atomic mass is 35.5. The Kier molecular flexibility index (Phi) is 4.34. The van der Waals surface area contributed by atoms with Crippen LogP contribution in [0.25, 0.3) is 0 Å². The molecule has 0 aliphatic carbocycles. The van der Waals surface area contributed by atoms with Crippen molar-refractivity contribution in [2.45, 2.75) is 12.5 Å². The molecule has 1 amide bonds. The standard InChI is InChI=1S/C11H15ClN2O3/c1-11(5-15,6-16)14-10(17)7-2-3-9(13)8(12)4-7/h2-4,15-16H,5-6,13H2,1H3,(H,14,17). The Morgan fingerprint density at radius 2 is 2.06 bits per heavy atom. The summed E-state index contributed by atoms with van der Waals surface area (Å²) in [6, 6.07) is 4.47. The van der Waals surface area contributed by atoms with E-state index >= 15 is 0 Å². The molecule has 5 nitrogen and oxygen atoms in total. The number of nitrogens with one attached hydrogen (secondary N) is 1. The van der Waals surface area contributed by atoms with Gasteiger partial charge in [0.25, 0.3) is 5.91 Å². The summed E-state index contributed by atoms with van der Waals surface area (Å²) in [6.07, 6.45) is 0. The third kappa shape index (κ3) is 3.33. The number of aliphatic hydroxyl groups is 2. The number of carbonyl (C=O) groups is 1. The van der Waals surface area contributed by atoms with Crippen molar-refractivity contribution in [2.24, 2.45) is 0 Å². The molecule has 94 valence electrons. The van der Waals surface area contributed by atoms with Gasteiger partial charge < -0.3 is 21.3 Å². The summed E-state index contributed by atoms with van der Waals surface area (Å²) >= 11 is 5.79. The van der Waals surface area contributed by atoms with Crippen molar-refractivity contribution >= 4 is 23.2 Å². The number of aliphatic hydroxyl groups excluding tert-OH is 2. The maximum absolute atomic E-state index is 11.8. The van der Waals surface area contributed by atoms with Crippen LogP contribution in [0.3, 0.4) is 0 Å². The van der Waals surface area contributed by atoms with Crippen LogP contribution in [-0.2, 0) is 0 Å². The van der Waals surface area contributed by atoms with E-state index in [0.29, 0.717) is 11.3 Å². The molecule has 5 N–H and O–H groups in total. The van der Waals surface area contributed by atoms with Crippen molar-refractivity contribution in [1.29, 1.82) is 0 Å². The lowest BCUT2D eigenvalue weighted by Crippen LogP contribution is -2.51. The molecule has 0 aliphatic heterocycles. The van der Waals surface area contributed by atoms with Crippen LogP contribution in [-0.4, -0.2) is 34.9 Å². The van der Waals surface area contributed by atoms with Gasteiger partial charge in [-0.05, 0) is 25.1 Å². The summed E-state index contributed by atoms with van der Waals surface area (Å²) in [5, 5.41) is 20.9. The average molecular weight is 259 g/mol. The van der Waals surface area contributed by atoms with Crippen molar-refractivity contribution in [2.75, 3.05) is 18.9 Å². The molecule has 0 spiro atoms. The van der Waals surface area contributed by atoms with Crippen molar-refractivity contribution in [3.8, 4) is 0 Å². The number of rotatable bonds is 4. The normalized spacial score (nSPS) is 11.3. The summed E-state index contributed by atoms with van der Waals surface area (Å²) in [4.78, 5) is 11.8. The second kappa shape index (κ2) is 5.35. The monoisotopic (exact) mass is 258 g/mol. The molecular weight excluding hydrogens is 244 g/mol. The molecule has 0 heterocycles. The number of benzene rings is 1. The highest BCUT2D eigenvalue weighted by Gasteiger charge is 2.25. The first-order valence-corrected chi connectivity index (χ1v) is 5.39. The van der Waals surface area contributed by atoms with Gasteiger partial charge in [0.2, 0.25) is 0 Å². The number of carbonyl (C=O) groups excluding carboxylic acids is 1. The quantitative estimate of drug-likeness (QED) is 0.588. The first-order chi connectivity index (χ1) is 7.91. The van der Waals surface area contributed by atoms with E-state index in [1.165, 1.54) is 25.1 Å². The molecule has 0 saturated heterocycles. The van der Waals surface area contributed by atoms with Gasteiger partial charge in [-0.2, -0.15) is 0 Å². The zero-order valence-electron chi connectivity index (χ0n) is 9.40. The molecule has 0 aliphatic rings. The van der Waals surface area contributed by atoms with Crippen LogP contribution in [0.1, 0.15) is 17.3 Å². The molecule has 6 heteroatoms. The lowest BCUT2D eigenvalue weighted by atomic mass is 10.0. The Balaban J connectivity index is 2.86. The van der Waals surface area contributed by atoms with E-state index in [4.69, 9.17) is 27.5 Å². The van der Waals surface area contributed by atoms with Crippen molar-refractivity contribution in [3.63, 3.8) is 0 Å². The van der Waals surface area contributed by atoms with Gasteiger partial charge in [-0.1, -0.05) is 11.6 Å². The Morgan fingerprint density at radius 3 is 2.53 bits per heavy atom. The highest BCUT2D eigenvalue weighted by molar-refractivity contribution is 6.33. The second-order valence-electron chi connectivity index (χ2n) is 4.07. The van der Waals surface area contributed by atoms with E-state index in [1.807, 2.05) is 0 Å². The maximum atomic E-state index is 11.8. The third-order valence-corrected chi connectivity index (χ3v) is 2.70. The molecular formula is C11H15ClN2O3. The van der Waals surface area contributed by atoms with Gasteiger partial charge in [-0.3, -0.25) is 4.79 Å². The molecule has 0 bridgehead atoms. The lowest BCUT2D eigenvalue weighted by Gasteiger charge is -2.26. The lowest BCUT2D eigenvalue weighted by molar-refractivity contribution is 0.0724. The maximum Gasteiger partial charge on any atom is 0.251 e. The third-order valence-electron chi connectivity index (χ3n) is 2.38. The van der Waals surface area contributed by atoms with Gasteiger partial charge in [0.15, 0.2) is 0 Å². The molecule has 1 aromatic carbocycles. The zero-order valence-corrected chi connectivity index (χ0v) is 10.2. The summed E-state index contributed by atoms with van der Waals surface area (Å²) < 4.78 is 0. The smallest absolute Gasteiger partial charge is 0.251 e. The molecule has 0 unspecified atom stereocenters. The van der Waals surface area contributed by atoms with E-state index in [2.05, 4.69) is 5.32 Å². The Hall–Kier alpha value is -1.30. The SMILES string of the molecule is CC(CO)(CO)NC(=O)c1ccc(N)c(Cl)c1. The fourth-order valence-corrected chi connectivity index (χ4v) is 1.32. The molecule has 0 atom stereocenters. The molecule has 0 fully saturated rings. The van der Waals surface area contributed by atoms with Crippen LogP contribution in [0, 0.1) is 0 Å². The average Bonchev–Trinajstić information content (AvgIpc) is 2.32. The molecule has 0 saturated carbocycles. The van der Waals surface area contributed by atoms with Gasteiger partial charge in [-0.15, -0.1) is 0 Å². The number of halogens is 1. The van der Waals surface area contributed by atoms with Gasteiger partial charge in [0.05, 0.1) is 29.5 Å². The fourth-order valence-electron chi connectivity index (χ4n) is 1.14. The minimum absolute atomic E-state index is 0.285. The number of anilines is 1. The van der Waals surface area contributed by atoms with Crippen LogP contribution in [0.5, 0.6) is 0 Å². The predicted octanol–water partition coefficient (Wildman–Crippen LogP) is 0.395. The van der Waals surface area contributed by atoms with Crippen LogP contribution >= 0.6 is 11.6 Å². The van der Waals surface area contributed by atoms with Gasteiger partial charge >= 0.3 is 0 Å². The van der Waals surface area contributed by atoms with Crippen LogP contribution < -0.4 is 11.1 Å². The van der Waals surface area contributed by atoms with Crippen molar-refractivity contribution < 1.29 is 15.0 Å². The van der Waals surface area contributed by atoms with Gasteiger partial charge in [0.1, 0.15) is 0 Å². The van der Waals surface area contributed by atoms with Crippen LogP contribution in [0.4, 0.5) is 5.69 Å². The van der Waals surface area contributed by atoms with E-state index < -0.39 is 11.4 Å². The second-order valence-corrected chi connectivity index (χ2v) is 4.47. The van der Waals surface area contributed by atoms with E-state index in [1.54, 1.807) is 0 Å². The molecule has 0 aromatic heterocycles. The molecule has 17 heavy (non-hydrogen) atoms. The molecule has 1 rings (SSSR count). The summed E-state index contributed by atoms with van der Waals surface area (Å²) in [7, 11) is 0. The number of nitrogens with two attached hydrogens (primary N) is 1. The first-order valence-electron chi connectivity index (χ1n) is 5.01. The topological polar surface area (TPSA) is 95.6 Å². The van der Waals surface area contributed by atoms with Crippen molar-refractivity contribution in [1.82, 2.24) is 5.32 Å². The van der Waals surface area contributed by atoms with E-state index in [9.17, 15) is 4.79 Å². The Morgan fingerprint density at radius 1 is 1.47 bits per heavy atom. The van der Waals surface area contributed by atoms with Crippen molar-refractivity contribution in [3.05, 3.63) is 28.8 Å². The number of amides is 1. The molecule has 0 radical (unpaired) electrons. The predicted molar refractivity (Wildman–Crippen MR) is 65.9 cm³/mol. The summed E-state index contributed by atoms with van der Waals surface area (Å²) in [5.74, 6) is -0.433. The number of hydrogen-bond acceptors (Lipinski definition) is 4. The Bertz CT molecular complexity index is 419. The van der Waals surface area contributed by atoms with Crippen LogP contribution in [0.2, 0.25) is 5.02 Å². The highest BCUT2D eigenvalue weighted by Crippen LogP contribution is 2.19. The minimum Gasteiger partial charge on any atom is -0.398 e. The van der Waals surface area contributed by atoms with Gasteiger partial charge in [0, 0.05) is 5.56 Å². The summed E-state index contributed by atoms with van der Waals surface area (Å²) in [5.41, 5.74) is 5.16. The Labute approximate surface area is 104 Å². The van der Waals surface area contributed by atoms with E-state index in [-0.39, 0.29) is 18.2 Å².